The SMILES string of the molecule is NCCc1cnc(F)c(Cl)c1. The van der Waals surface area contributed by atoms with Crippen LogP contribution in [-0.2, 0) is 6.42 Å². The molecule has 0 saturated heterocycles. The molecule has 0 bridgehead atoms. The maximum Gasteiger partial charge on any atom is 0.231 e. The topological polar surface area (TPSA) is 38.9 Å². The summed E-state index contributed by atoms with van der Waals surface area (Å²) in [6, 6.07) is 1.54. The molecule has 0 aliphatic rings. The zero-order valence-corrected chi connectivity index (χ0v) is 6.61. The smallest absolute Gasteiger partial charge is 0.231 e. The molecule has 1 aromatic rings. The van der Waals surface area contributed by atoms with Crippen LogP contribution in [0.25, 0.3) is 0 Å². The highest BCUT2D eigenvalue weighted by Crippen LogP contribution is 2.13. The van der Waals surface area contributed by atoms with Gasteiger partial charge in [-0.15, -0.1) is 0 Å². The van der Waals surface area contributed by atoms with Gasteiger partial charge in [-0.3, -0.25) is 0 Å². The lowest BCUT2D eigenvalue weighted by Gasteiger charge is -1.98. The molecule has 0 amide bonds. The lowest BCUT2D eigenvalue weighted by molar-refractivity contribution is 0.582. The number of halogens is 2. The average molecular weight is 175 g/mol. The Balaban J connectivity index is 2.86. The molecule has 0 unspecified atom stereocenters. The van der Waals surface area contributed by atoms with E-state index in [0.717, 1.165) is 5.56 Å². The van der Waals surface area contributed by atoms with Crippen molar-refractivity contribution >= 4 is 11.6 Å². The fourth-order valence-corrected chi connectivity index (χ4v) is 0.953. The molecule has 2 nitrogen and oxygen atoms in total. The number of aromatic nitrogens is 1. The Hall–Kier alpha value is -0.670. The van der Waals surface area contributed by atoms with E-state index in [2.05, 4.69) is 4.98 Å². The summed E-state index contributed by atoms with van der Waals surface area (Å²) in [6.07, 6.45) is 2.11. The van der Waals surface area contributed by atoms with Crippen molar-refractivity contribution in [2.75, 3.05) is 6.54 Å². The van der Waals surface area contributed by atoms with E-state index in [0.29, 0.717) is 13.0 Å². The summed E-state index contributed by atoms with van der Waals surface area (Å²) in [7, 11) is 0. The zero-order valence-electron chi connectivity index (χ0n) is 5.85. The maximum atomic E-state index is 12.5. The van der Waals surface area contributed by atoms with Crippen LogP contribution in [0, 0.1) is 5.95 Å². The Morgan fingerprint density at radius 3 is 2.91 bits per heavy atom. The van der Waals surface area contributed by atoms with Crippen LogP contribution in [-0.4, -0.2) is 11.5 Å². The van der Waals surface area contributed by atoms with Crippen molar-refractivity contribution in [3.8, 4) is 0 Å². The maximum absolute atomic E-state index is 12.5. The van der Waals surface area contributed by atoms with Crippen molar-refractivity contribution in [3.63, 3.8) is 0 Å². The van der Waals surface area contributed by atoms with Gasteiger partial charge >= 0.3 is 0 Å². The number of hydrogen-bond acceptors (Lipinski definition) is 2. The first-order valence-electron chi connectivity index (χ1n) is 3.24. The second kappa shape index (κ2) is 3.64. The van der Waals surface area contributed by atoms with Crippen molar-refractivity contribution < 1.29 is 4.39 Å². The van der Waals surface area contributed by atoms with E-state index in [1.807, 2.05) is 0 Å². The van der Waals surface area contributed by atoms with Crippen molar-refractivity contribution in [2.45, 2.75) is 6.42 Å². The minimum Gasteiger partial charge on any atom is -0.330 e. The van der Waals surface area contributed by atoms with Crippen LogP contribution in [0.3, 0.4) is 0 Å². The average Bonchev–Trinajstić information content (AvgIpc) is 1.98. The van der Waals surface area contributed by atoms with E-state index in [9.17, 15) is 4.39 Å². The number of nitrogens with two attached hydrogens (primary N) is 1. The molecule has 0 aromatic carbocycles. The Bertz CT molecular complexity index is 252. The molecule has 1 aromatic heterocycles. The van der Waals surface area contributed by atoms with Gasteiger partial charge in [0.1, 0.15) is 0 Å². The number of nitrogens with zero attached hydrogens (tertiary/aromatic N) is 1. The summed E-state index contributed by atoms with van der Waals surface area (Å²) in [5, 5.41) is 0.0518. The van der Waals surface area contributed by atoms with E-state index in [1.165, 1.54) is 12.3 Å². The van der Waals surface area contributed by atoms with E-state index in [4.69, 9.17) is 17.3 Å². The van der Waals surface area contributed by atoms with Gasteiger partial charge in [-0.05, 0) is 24.6 Å². The van der Waals surface area contributed by atoms with E-state index in [-0.39, 0.29) is 5.02 Å². The van der Waals surface area contributed by atoms with Crippen LogP contribution in [0.4, 0.5) is 4.39 Å². The predicted octanol–water partition coefficient (Wildman–Crippen LogP) is 1.38. The van der Waals surface area contributed by atoms with Crippen LogP contribution in [0.5, 0.6) is 0 Å². The molecule has 0 aliphatic carbocycles. The summed E-state index contributed by atoms with van der Waals surface area (Å²) in [5.74, 6) is -0.632. The van der Waals surface area contributed by atoms with Gasteiger partial charge in [-0.2, -0.15) is 4.39 Å². The molecule has 0 aliphatic heterocycles. The molecule has 0 radical (unpaired) electrons. The van der Waals surface area contributed by atoms with Crippen molar-refractivity contribution in [1.29, 1.82) is 0 Å². The Morgan fingerprint density at radius 2 is 2.36 bits per heavy atom. The lowest BCUT2D eigenvalue weighted by Crippen LogP contribution is -2.03. The molecule has 0 spiro atoms. The van der Waals surface area contributed by atoms with Crippen LogP contribution in [0.2, 0.25) is 5.02 Å². The first-order valence-corrected chi connectivity index (χ1v) is 3.62. The largest absolute Gasteiger partial charge is 0.330 e. The highest BCUT2D eigenvalue weighted by molar-refractivity contribution is 6.30. The normalized spacial score (nSPS) is 10.1. The van der Waals surface area contributed by atoms with Gasteiger partial charge in [0.25, 0.3) is 0 Å². The molecule has 11 heavy (non-hydrogen) atoms. The van der Waals surface area contributed by atoms with E-state index >= 15 is 0 Å². The van der Waals surface area contributed by atoms with Crippen molar-refractivity contribution in [1.82, 2.24) is 4.98 Å². The third kappa shape index (κ3) is 2.13. The van der Waals surface area contributed by atoms with Gasteiger partial charge in [0, 0.05) is 6.20 Å². The second-order valence-corrected chi connectivity index (χ2v) is 2.56. The standard InChI is InChI=1S/C7H8ClFN2/c8-6-3-5(1-2-10)4-11-7(6)9/h3-4H,1-2,10H2. The summed E-state index contributed by atoms with van der Waals surface area (Å²) in [4.78, 5) is 3.44. The summed E-state index contributed by atoms with van der Waals surface area (Å²) < 4.78 is 12.5. The van der Waals surface area contributed by atoms with Gasteiger partial charge in [-0.25, -0.2) is 4.98 Å². The van der Waals surface area contributed by atoms with E-state index in [1.54, 1.807) is 0 Å². The molecule has 2 N–H and O–H groups in total. The molecule has 1 rings (SSSR count). The van der Waals surface area contributed by atoms with Crippen LogP contribution < -0.4 is 5.73 Å². The minimum atomic E-state index is -0.632. The Labute approximate surface area is 69.2 Å². The molecular formula is C7H8ClFN2. The molecule has 4 heteroatoms. The number of rotatable bonds is 2. The molecule has 0 atom stereocenters. The fraction of sp³-hybridized carbons (Fsp3) is 0.286. The van der Waals surface area contributed by atoms with Gasteiger partial charge in [0.2, 0.25) is 5.95 Å². The van der Waals surface area contributed by atoms with Crippen molar-refractivity contribution in [3.05, 3.63) is 28.8 Å². The highest BCUT2D eigenvalue weighted by atomic mass is 35.5. The van der Waals surface area contributed by atoms with Gasteiger partial charge in [-0.1, -0.05) is 11.6 Å². The van der Waals surface area contributed by atoms with Crippen LogP contribution in [0.15, 0.2) is 12.3 Å². The zero-order chi connectivity index (χ0) is 8.27. The van der Waals surface area contributed by atoms with Gasteiger partial charge in [0.05, 0.1) is 5.02 Å². The fourth-order valence-electron chi connectivity index (χ4n) is 0.764. The summed E-state index contributed by atoms with van der Waals surface area (Å²) in [5.41, 5.74) is 6.14. The number of pyridine rings is 1. The quantitative estimate of drug-likeness (QED) is 0.688. The first-order chi connectivity index (χ1) is 5.24. The summed E-state index contributed by atoms with van der Waals surface area (Å²) >= 11 is 5.47. The second-order valence-electron chi connectivity index (χ2n) is 2.15. The van der Waals surface area contributed by atoms with E-state index < -0.39 is 5.95 Å². The van der Waals surface area contributed by atoms with Crippen LogP contribution >= 0.6 is 11.6 Å². The molecule has 1 heterocycles. The molecule has 0 fully saturated rings. The highest BCUT2D eigenvalue weighted by Gasteiger charge is 2.00. The molecular weight excluding hydrogens is 167 g/mol. The summed E-state index contributed by atoms with van der Waals surface area (Å²) in [6.45, 7) is 0.518. The third-order valence-corrected chi connectivity index (χ3v) is 1.55. The van der Waals surface area contributed by atoms with Crippen LogP contribution in [0.1, 0.15) is 5.56 Å². The third-order valence-electron chi connectivity index (χ3n) is 1.29. The minimum absolute atomic E-state index is 0.0518. The first kappa shape index (κ1) is 8.43. The lowest BCUT2D eigenvalue weighted by atomic mass is 10.2. The Kier molecular flexibility index (Phi) is 2.79. The predicted molar refractivity (Wildman–Crippen MR) is 42.0 cm³/mol. The van der Waals surface area contributed by atoms with Gasteiger partial charge in [0.15, 0.2) is 0 Å². The van der Waals surface area contributed by atoms with Crippen molar-refractivity contribution in [2.24, 2.45) is 5.73 Å². The van der Waals surface area contributed by atoms with Gasteiger partial charge < -0.3 is 5.73 Å². The number of hydrogen-bond donors (Lipinski definition) is 1. The Morgan fingerprint density at radius 1 is 1.64 bits per heavy atom. The molecule has 60 valence electrons. The monoisotopic (exact) mass is 174 g/mol. The molecule has 0 saturated carbocycles.